The number of rotatable bonds is 7. The molecule has 37 heavy (non-hydrogen) atoms. The van der Waals surface area contributed by atoms with E-state index in [1.165, 1.54) is 16.7 Å². The van der Waals surface area contributed by atoms with Crippen LogP contribution in [0.2, 0.25) is 10.0 Å². The van der Waals surface area contributed by atoms with Gasteiger partial charge in [0.2, 0.25) is 0 Å². The summed E-state index contributed by atoms with van der Waals surface area (Å²) in [6, 6.07) is 29.3. The smallest absolute Gasteiger partial charge is 0.335 e. The molecule has 6 heteroatoms. The number of carboxylic acid groups (broad SMARTS) is 1. The van der Waals surface area contributed by atoms with Gasteiger partial charge >= 0.3 is 5.97 Å². The molecular formula is C31H24Cl2N2O2. The summed E-state index contributed by atoms with van der Waals surface area (Å²) >= 11 is 12.6. The fraction of sp³-hybridized carbons (Fsp3) is 0.0968. The number of hydrogen-bond acceptors (Lipinski definition) is 2. The fourth-order valence-corrected chi connectivity index (χ4v) is 4.76. The van der Waals surface area contributed by atoms with Crippen LogP contribution < -0.4 is 0 Å². The SMILES string of the molecule is Cc1ccc(-c2ccc(Cc3nc(-c4ccc(Cl)cc4Cl)cn3Cc3ccc(C(=O)O)cc3)cc2)cc1. The quantitative estimate of drug-likeness (QED) is 0.232. The maximum atomic E-state index is 11.2. The lowest BCUT2D eigenvalue weighted by Gasteiger charge is -2.09. The number of aryl methyl sites for hydroxylation is 1. The van der Waals surface area contributed by atoms with E-state index >= 15 is 0 Å². The monoisotopic (exact) mass is 526 g/mol. The van der Waals surface area contributed by atoms with E-state index in [-0.39, 0.29) is 5.56 Å². The Morgan fingerprint density at radius 3 is 2.08 bits per heavy atom. The summed E-state index contributed by atoms with van der Waals surface area (Å²) in [5.74, 6) is -0.0602. The lowest BCUT2D eigenvalue weighted by molar-refractivity contribution is 0.0697. The van der Waals surface area contributed by atoms with Crippen molar-refractivity contribution in [1.82, 2.24) is 9.55 Å². The maximum Gasteiger partial charge on any atom is 0.335 e. The van der Waals surface area contributed by atoms with Crippen LogP contribution in [0.25, 0.3) is 22.4 Å². The van der Waals surface area contributed by atoms with E-state index in [4.69, 9.17) is 28.2 Å². The van der Waals surface area contributed by atoms with E-state index < -0.39 is 5.97 Å². The first-order valence-electron chi connectivity index (χ1n) is 11.9. The number of imidazole rings is 1. The van der Waals surface area contributed by atoms with E-state index in [0.717, 1.165) is 28.2 Å². The van der Waals surface area contributed by atoms with Crippen LogP contribution in [0.5, 0.6) is 0 Å². The van der Waals surface area contributed by atoms with Gasteiger partial charge in [-0.3, -0.25) is 0 Å². The Labute approximate surface area is 225 Å². The zero-order valence-electron chi connectivity index (χ0n) is 20.2. The van der Waals surface area contributed by atoms with Crippen LogP contribution in [0.1, 0.15) is 32.9 Å². The Bertz CT molecular complexity index is 1560. The van der Waals surface area contributed by atoms with Gasteiger partial charge < -0.3 is 9.67 Å². The Hall–Kier alpha value is -3.86. The summed E-state index contributed by atoms with van der Waals surface area (Å²) in [7, 11) is 0. The molecule has 5 rings (SSSR count). The van der Waals surface area contributed by atoms with Gasteiger partial charge in [-0.25, -0.2) is 9.78 Å². The molecule has 0 fully saturated rings. The standard InChI is InChI=1S/C31H24Cl2N2O2/c1-20-2-8-23(9-3-20)24-10-4-21(5-11-24)16-30-34-29(27-15-14-26(32)17-28(27)33)19-35(30)18-22-6-12-25(13-7-22)31(36)37/h2-15,17,19H,16,18H2,1H3,(H,36,37). The van der Waals surface area contributed by atoms with Crippen molar-refractivity contribution in [3.8, 4) is 22.4 Å². The van der Waals surface area contributed by atoms with Crippen LogP contribution in [-0.4, -0.2) is 20.6 Å². The minimum Gasteiger partial charge on any atom is -0.478 e. The summed E-state index contributed by atoms with van der Waals surface area (Å²) in [6.07, 6.45) is 2.61. The van der Waals surface area contributed by atoms with Crippen LogP contribution in [0.3, 0.4) is 0 Å². The van der Waals surface area contributed by atoms with E-state index in [9.17, 15) is 9.90 Å². The third kappa shape index (κ3) is 5.77. The first-order chi connectivity index (χ1) is 17.9. The molecular weight excluding hydrogens is 503 g/mol. The second-order valence-corrected chi connectivity index (χ2v) is 9.88. The highest BCUT2D eigenvalue weighted by Crippen LogP contribution is 2.31. The molecule has 0 saturated heterocycles. The molecule has 0 radical (unpaired) electrons. The van der Waals surface area contributed by atoms with Crippen LogP contribution in [0.15, 0.2) is 97.2 Å². The van der Waals surface area contributed by atoms with E-state index in [1.54, 1.807) is 24.3 Å². The normalized spacial score (nSPS) is 11.0. The number of aromatic nitrogens is 2. The molecule has 1 heterocycles. The fourth-order valence-electron chi connectivity index (χ4n) is 4.25. The number of nitrogens with zero attached hydrogens (tertiary/aromatic N) is 2. The minimum atomic E-state index is -0.941. The molecule has 0 bridgehead atoms. The summed E-state index contributed by atoms with van der Waals surface area (Å²) < 4.78 is 2.09. The first kappa shape index (κ1) is 24.8. The number of benzene rings is 4. The van der Waals surface area contributed by atoms with Gasteiger partial charge in [-0.15, -0.1) is 0 Å². The molecule has 184 valence electrons. The molecule has 0 aliphatic rings. The number of aromatic carboxylic acids is 1. The Kier molecular flexibility index (Phi) is 7.13. The predicted molar refractivity (Wildman–Crippen MR) is 150 cm³/mol. The van der Waals surface area contributed by atoms with Crippen LogP contribution in [0.4, 0.5) is 0 Å². The zero-order valence-corrected chi connectivity index (χ0v) is 21.7. The third-order valence-corrected chi connectivity index (χ3v) is 6.87. The molecule has 0 saturated carbocycles. The van der Waals surface area contributed by atoms with Crippen molar-refractivity contribution in [2.24, 2.45) is 0 Å². The van der Waals surface area contributed by atoms with E-state index in [1.807, 2.05) is 24.4 Å². The van der Waals surface area contributed by atoms with Crippen LogP contribution in [0, 0.1) is 6.92 Å². The van der Waals surface area contributed by atoms with E-state index in [2.05, 4.69) is 60.0 Å². The van der Waals surface area contributed by atoms with Gasteiger partial charge in [-0.05, 0) is 59.5 Å². The van der Waals surface area contributed by atoms with Gasteiger partial charge in [0.25, 0.3) is 0 Å². The number of carbonyl (C=O) groups is 1. The summed E-state index contributed by atoms with van der Waals surface area (Å²) in [5, 5.41) is 10.3. The maximum absolute atomic E-state index is 11.2. The van der Waals surface area contributed by atoms with Crippen molar-refractivity contribution < 1.29 is 9.90 Å². The average Bonchev–Trinajstić information content (AvgIpc) is 3.27. The molecule has 1 N–H and O–H groups in total. The molecule has 0 amide bonds. The van der Waals surface area contributed by atoms with Crippen molar-refractivity contribution in [1.29, 1.82) is 0 Å². The molecule has 0 aliphatic heterocycles. The van der Waals surface area contributed by atoms with Gasteiger partial charge in [0.05, 0.1) is 16.3 Å². The topological polar surface area (TPSA) is 55.1 Å². The van der Waals surface area contributed by atoms with Crippen molar-refractivity contribution in [3.63, 3.8) is 0 Å². The number of hydrogen-bond donors (Lipinski definition) is 1. The van der Waals surface area contributed by atoms with Gasteiger partial charge in [0.15, 0.2) is 0 Å². The third-order valence-electron chi connectivity index (χ3n) is 6.32. The van der Waals surface area contributed by atoms with Crippen LogP contribution in [-0.2, 0) is 13.0 Å². The predicted octanol–water partition coefficient (Wildman–Crippen LogP) is 8.17. The molecule has 0 unspecified atom stereocenters. The van der Waals surface area contributed by atoms with Crippen molar-refractivity contribution in [2.75, 3.05) is 0 Å². The second kappa shape index (κ2) is 10.6. The molecule has 4 nitrogen and oxygen atoms in total. The average molecular weight is 527 g/mol. The Morgan fingerprint density at radius 1 is 0.838 bits per heavy atom. The lowest BCUT2D eigenvalue weighted by Crippen LogP contribution is -2.05. The van der Waals surface area contributed by atoms with E-state index in [0.29, 0.717) is 23.0 Å². The Balaban J connectivity index is 1.46. The van der Waals surface area contributed by atoms with Gasteiger partial charge in [0.1, 0.15) is 5.82 Å². The summed E-state index contributed by atoms with van der Waals surface area (Å²) in [5.41, 5.74) is 7.53. The molecule has 0 atom stereocenters. The number of carboxylic acids is 1. The molecule has 0 aliphatic carbocycles. The highest BCUT2D eigenvalue weighted by Gasteiger charge is 2.14. The first-order valence-corrected chi connectivity index (χ1v) is 12.6. The molecule has 1 aromatic heterocycles. The molecule has 0 spiro atoms. The lowest BCUT2D eigenvalue weighted by atomic mass is 10.0. The Morgan fingerprint density at radius 2 is 1.46 bits per heavy atom. The molecule has 4 aromatic carbocycles. The van der Waals surface area contributed by atoms with Crippen molar-refractivity contribution in [2.45, 2.75) is 19.9 Å². The minimum absolute atomic E-state index is 0.261. The highest BCUT2D eigenvalue weighted by atomic mass is 35.5. The van der Waals surface area contributed by atoms with Gasteiger partial charge in [-0.2, -0.15) is 0 Å². The van der Waals surface area contributed by atoms with Crippen LogP contribution >= 0.6 is 23.2 Å². The van der Waals surface area contributed by atoms with Crippen molar-refractivity contribution in [3.05, 3.63) is 135 Å². The highest BCUT2D eigenvalue weighted by molar-refractivity contribution is 6.36. The van der Waals surface area contributed by atoms with Gasteiger partial charge in [0, 0.05) is 29.7 Å². The summed E-state index contributed by atoms with van der Waals surface area (Å²) in [4.78, 5) is 16.2. The largest absolute Gasteiger partial charge is 0.478 e. The number of halogens is 2. The summed E-state index contributed by atoms with van der Waals surface area (Å²) in [6.45, 7) is 2.63. The molecule has 5 aromatic rings. The van der Waals surface area contributed by atoms with Crippen molar-refractivity contribution >= 4 is 29.2 Å². The van der Waals surface area contributed by atoms with Gasteiger partial charge in [-0.1, -0.05) is 89.4 Å². The second-order valence-electron chi connectivity index (χ2n) is 9.04. The zero-order chi connectivity index (χ0) is 25.9.